The fourth-order valence-electron chi connectivity index (χ4n) is 2.23. The molecule has 0 aliphatic heterocycles. The fourth-order valence-corrected chi connectivity index (χ4v) is 2.23. The van der Waals surface area contributed by atoms with Gasteiger partial charge in [-0.1, -0.05) is 6.07 Å². The first-order valence-corrected chi connectivity index (χ1v) is 7.50. The maximum atomic E-state index is 12.1. The van der Waals surface area contributed by atoms with Gasteiger partial charge in [0, 0.05) is 5.69 Å². The van der Waals surface area contributed by atoms with E-state index in [0.29, 0.717) is 11.4 Å². The Morgan fingerprint density at radius 3 is 2.32 bits per heavy atom. The van der Waals surface area contributed by atoms with Crippen molar-refractivity contribution < 1.29 is 27.4 Å². The number of carbonyl (C=O) groups excluding carboxylic acids is 1. The molecule has 2 rings (SSSR count). The molecular formula is C18H18F3NO3. The Balaban J connectivity index is 1.92. The van der Waals surface area contributed by atoms with Crippen molar-refractivity contribution in [2.45, 2.75) is 27.1 Å². The number of rotatable bonds is 5. The second kappa shape index (κ2) is 7.46. The Morgan fingerprint density at radius 1 is 1.08 bits per heavy atom. The van der Waals surface area contributed by atoms with Crippen LogP contribution in [0.1, 0.15) is 16.7 Å². The lowest BCUT2D eigenvalue weighted by molar-refractivity contribution is -0.274. The summed E-state index contributed by atoms with van der Waals surface area (Å²) < 4.78 is 45.6. The smallest absolute Gasteiger partial charge is 0.483 e. The van der Waals surface area contributed by atoms with Gasteiger partial charge in [-0.3, -0.25) is 4.79 Å². The third-order valence-corrected chi connectivity index (χ3v) is 3.49. The van der Waals surface area contributed by atoms with E-state index in [1.807, 2.05) is 32.9 Å². The van der Waals surface area contributed by atoms with Crippen LogP contribution in [0.3, 0.4) is 0 Å². The zero-order valence-electron chi connectivity index (χ0n) is 14.0. The van der Waals surface area contributed by atoms with Crippen molar-refractivity contribution in [3.8, 4) is 11.5 Å². The van der Waals surface area contributed by atoms with E-state index >= 15 is 0 Å². The minimum Gasteiger partial charge on any atom is -0.483 e. The maximum absolute atomic E-state index is 12.1. The molecule has 0 radical (unpaired) electrons. The summed E-state index contributed by atoms with van der Waals surface area (Å²) in [6.07, 6.45) is -4.75. The van der Waals surface area contributed by atoms with Crippen LogP contribution in [0, 0.1) is 20.8 Å². The Hall–Kier alpha value is -2.70. The first kappa shape index (κ1) is 18.6. The van der Waals surface area contributed by atoms with Crippen molar-refractivity contribution >= 4 is 11.6 Å². The summed E-state index contributed by atoms with van der Waals surface area (Å²) in [6, 6.07) is 8.75. The number of alkyl halides is 3. The van der Waals surface area contributed by atoms with E-state index in [0.717, 1.165) is 28.8 Å². The minimum atomic E-state index is -4.75. The molecule has 0 aliphatic rings. The molecule has 7 heteroatoms. The van der Waals surface area contributed by atoms with Crippen LogP contribution < -0.4 is 14.8 Å². The molecule has 0 atom stereocenters. The molecule has 2 aromatic rings. The van der Waals surface area contributed by atoms with Crippen LogP contribution in [-0.4, -0.2) is 18.9 Å². The first-order valence-electron chi connectivity index (χ1n) is 7.50. The van der Waals surface area contributed by atoms with Gasteiger partial charge in [0.1, 0.15) is 11.5 Å². The van der Waals surface area contributed by atoms with Crippen molar-refractivity contribution in [3.05, 3.63) is 53.1 Å². The highest BCUT2D eigenvalue weighted by molar-refractivity contribution is 5.91. The number of hydrogen-bond donors (Lipinski definition) is 1. The third-order valence-electron chi connectivity index (χ3n) is 3.49. The Bertz CT molecular complexity index is 755. The molecular weight excluding hydrogens is 335 g/mol. The van der Waals surface area contributed by atoms with Crippen LogP contribution in [0.15, 0.2) is 36.4 Å². The predicted octanol–water partition coefficient (Wildman–Crippen LogP) is 4.53. The van der Waals surface area contributed by atoms with Gasteiger partial charge in [-0.05, 0) is 67.8 Å². The van der Waals surface area contributed by atoms with Gasteiger partial charge in [0.2, 0.25) is 0 Å². The summed E-state index contributed by atoms with van der Waals surface area (Å²) >= 11 is 0. The van der Waals surface area contributed by atoms with E-state index in [4.69, 9.17) is 4.74 Å². The Labute approximate surface area is 143 Å². The molecule has 0 saturated heterocycles. The van der Waals surface area contributed by atoms with Crippen molar-refractivity contribution in [1.82, 2.24) is 0 Å². The van der Waals surface area contributed by atoms with Crippen LogP contribution in [0.4, 0.5) is 18.9 Å². The standard InChI is InChI=1S/C18H18F3NO3/c1-11-8-12(2)13(3)16(9-11)24-10-17(23)22-14-4-6-15(7-5-14)25-18(19,20)21/h4-9H,10H2,1-3H3,(H,22,23). The highest BCUT2D eigenvalue weighted by Crippen LogP contribution is 2.25. The van der Waals surface area contributed by atoms with Crippen LogP contribution in [0.5, 0.6) is 11.5 Å². The molecule has 0 spiro atoms. The number of amides is 1. The molecule has 0 bridgehead atoms. The summed E-state index contributed by atoms with van der Waals surface area (Å²) in [4.78, 5) is 11.9. The summed E-state index contributed by atoms with van der Waals surface area (Å²) in [6.45, 7) is 5.59. The van der Waals surface area contributed by atoms with Gasteiger partial charge in [-0.25, -0.2) is 0 Å². The zero-order chi connectivity index (χ0) is 18.6. The molecule has 0 aromatic heterocycles. The molecule has 0 fully saturated rings. The second-order valence-corrected chi connectivity index (χ2v) is 5.61. The highest BCUT2D eigenvalue weighted by Gasteiger charge is 2.30. The predicted molar refractivity (Wildman–Crippen MR) is 87.9 cm³/mol. The van der Waals surface area contributed by atoms with Gasteiger partial charge in [0.25, 0.3) is 5.91 Å². The topological polar surface area (TPSA) is 47.6 Å². The second-order valence-electron chi connectivity index (χ2n) is 5.61. The van der Waals surface area contributed by atoms with E-state index in [2.05, 4.69) is 10.1 Å². The number of anilines is 1. The molecule has 0 saturated carbocycles. The molecule has 0 heterocycles. The summed E-state index contributed by atoms with van der Waals surface area (Å²) in [5.74, 6) is -0.141. The maximum Gasteiger partial charge on any atom is 0.573 e. The molecule has 2 aromatic carbocycles. The molecule has 1 amide bonds. The van der Waals surface area contributed by atoms with E-state index in [1.54, 1.807) is 0 Å². The van der Waals surface area contributed by atoms with Gasteiger partial charge in [0.05, 0.1) is 0 Å². The summed E-state index contributed by atoms with van der Waals surface area (Å²) in [7, 11) is 0. The highest BCUT2D eigenvalue weighted by atomic mass is 19.4. The third kappa shape index (κ3) is 5.70. The Morgan fingerprint density at radius 2 is 1.72 bits per heavy atom. The normalized spacial score (nSPS) is 11.1. The fraction of sp³-hybridized carbons (Fsp3) is 0.278. The minimum absolute atomic E-state index is 0.204. The van der Waals surface area contributed by atoms with Crippen LogP contribution >= 0.6 is 0 Å². The van der Waals surface area contributed by atoms with Crippen LogP contribution in [-0.2, 0) is 4.79 Å². The van der Waals surface area contributed by atoms with Gasteiger partial charge in [-0.15, -0.1) is 13.2 Å². The zero-order valence-corrected chi connectivity index (χ0v) is 14.0. The monoisotopic (exact) mass is 353 g/mol. The van der Waals surface area contributed by atoms with Crippen molar-refractivity contribution in [2.24, 2.45) is 0 Å². The number of carbonyl (C=O) groups is 1. The van der Waals surface area contributed by atoms with E-state index in [-0.39, 0.29) is 12.4 Å². The number of halogens is 3. The van der Waals surface area contributed by atoms with E-state index in [9.17, 15) is 18.0 Å². The average Bonchev–Trinajstić information content (AvgIpc) is 2.50. The van der Waals surface area contributed by atoms with Crippen molar-refractivity contribution in [1.29, 1.82) is 0 Å². The van der Waals surface area contributed by atoms with Crippen molar-refractivity contribution in [2.75, 3.05) is 11.9 Å². The van der Waals surface area contributed by atoms with Crippen molar-refractivity contribution in [3.63, 3.8) is 0 Å². The lowest BCUT2D eigenvalue weighted by atomic mass is 10.1. The quantitative estimate of drug-likeness (QED) is 0.859. The van der Waals surface area contributed by atoms with Crippen LogP contribution in [0.2, 0.25) is 0 Å². The Kier molecular flexibility index (Phi) is 5.56. The van der Waals surface area contributed by atoms with Gasteiger partial charge < -0.3 is 14.8 Å². The number of aryl methyl sites for hydroxylation is 2. The lowest BCUT2D eigenvalue weighted by Crippen LogP contribution is -2.20. The lowest BCUT2D eigenvalue weighted by Gasteiger charge is -2.13. The molecule has 134 valence electrons. The van der Waals surface area contributed by atoms with Gasteiger partial charge >= 0.3 is 6.36 Å². The molecule has 1 N–H and O–H groups in total. The van der Waals surface area contributed by atoms with E-state index < -0.39 is 12.3 Å². The largest absolute Gasteiger partial charge is 0.573 e. The number of nitrogens with one attached hydrogen (secondary N) is 1. The molecule has 4 nitrogen and oxygen atoms in total. The van der Waals surface area contributed by atoms with Gasteiger partial charge in [0.15, 0.2) is 6.61 Å². The van der Waals surface area contributed by atoms with Crippen LogP contribution in [0.25, 0.3) is 0 Å². The summed E-state index contributed by atoms with van der Waals surface area (Å²) in [5.41, 5.74) is 3.39. The van der Waals surface area contributed by atoms with Gasteiger partial charge in [-0.2, -0.15) is 0 Å². The average molecular weight is 353 g/mol. The molecule has 0 aliphatic carbocycles. The SMILES string of the molecule is Cc1cc(C)c(C)c(OCC(=O)Nc2ccc(OC(F)(F)F)cc2)c1. The molecule has 0 unspecified atom stereocenters. The summed E-state index contributed by atoms with van der Waals surface area (Å²) in [5, 5.41) is 2.55. The number of ether oxygens (including phenoxy) is 2. The molecule has 25 heavy (non-hydrogen) atoms. The number of hydrogen-bond acceptors (Lipinski definition) is 3. The number of benzene rings is 2. The first-order chi connectivity index (χ1) is 11.6. The van der Waals surface area contributed by atoms with E-state index in [1.165, 1.54) is 12.1 Å².